The number of nitrogens with zero attached hydrogens (tertiary/aromatic N) is 2. The van der Waals surface area contributed by atoms with Gasteiger partial charge in [-0.3, -0.25) is 14.6 Å². The van der Waals surface area contributed by atoms with Crippen LogP contribution in [0.15, 0.2) is 77.0 Å². The lowest BCUT2D eigenvalue weighted by Gasteiger charge is -2.25. The maximum atomic E-state index is 13.2. The summed E-state index contributed by atoms with van der Waals surface area (Å²) in [5, 5.41) is 11.3. The first kappa shape index (κ1) is 21.2. The van der Waals surface area contributed by atoms with E-state index in [0.717, 1.165) is 10.0 Å². The second-order valence-electron chi connectivity index (χ2n) is 7.70. The lowest BCUT2D eigenvalue weighted by atomic mass is 9.95. The standard InChI is InChI=1S/C25H19BrN2O5/c26-18-3-1-2-16(12-18)22-21(23(29)17-4-5-19-20(13-17)33-11-10-32-19)24(30)25(31)28(22)14-15-6-8-27-9-7-15/h1-9,12-13,22,29H,10-11,14H2. The lowest BCUT2D eigenvalue weighted by Crippen LogP contribution is -2.29. The van der Waals surface area contributed by atoms with E-state index < -0.39 is 17.7 Å². The number of hydrogen-bond donors (Lipinski definition) is 1. The van der Waals surface area contributed by atoms with Crippen LogP contribution in [0, 0.1) is 0 Å². The molecule has 1 aromatic heterocycles. The number of aliphatic hydroxyl groups excluding tert-OH is 1. The number of rotatable bonds is 4. The molecular formula is C25H19BrN2O5. The van der Waals surface area contributed by atoms with Crippen LogP contribution in [0.2, 0.25) is 0 Å². The molecular weight excluding hydrogens is 488 g/mol. The zero-order chi connectivity index (χ0) is 22.9. The molecule has 2 aliphatic heterocycles. The SMILES string of the molecule is O=C1C(=O)N(Cc2ccncc2)C(c2cccc(Br)c2)C1=C(O)c1ccc2c(c1)OCCO2. The van der Waals surface area contributed by atoms with Crippen molar-refractivity contribution in [3.63, 3.8) is 0 Å². The Labute approximate surface area is 198 Å². The van der Waals surface area contributed by atoms with E-state index in [-0.39, 0.29) is 17.9 Å². The number of ketones is 1. The minimum Gasteiger partial charge on any atom is -0.507 e. The van der Waals surface area contributed by atoms with Crippen molar-refractivity contribution in [3.05, 3.63) is 93.7 Å². The lowest BCUT2D eigenvalue weighted by molar-refractivity contribution is -0.140. The Balaban J connectivity index is 1.64. The van der Waals surface area contributed by atoms with Gasteiger partial charge in [0.25, 0.3) is 11.7 Å². The normalized spacial score (nSPS) is 19.1. The zero-order valence-electron chi connectivity index (χ0n) is 17.4. The Bertz CT molecular complexity index is 1270. The Morgan fingerprint density at radius 1 is 1.03 bits per heavy atom. The summed E-state index contributed by atoms with van der Waals surface area (Å²) in [6.45, 7) is 1.04. The molecule has 0 aliphatic carbocycles. The third-order valence-electron chi connectivity index (χ3n) is 5.62. The van der Waals surface area contributed by atoms with Crippen LogP contribution in [0.4, 0.5) is 0 Å². The Kier molecular flexibility index (Phi) is 5.60. The highest BCUT2D eigenvalue weighted by atomic mass is 79.9. The van der Waals surface area contributed by atoms with Gasteiger partial charge >= 0.3 is 0 Å². The van der Waals surface area contributed by atoms with Crippen LogP contribution in [0.3, 0.4) is 0 Å². The van der Waals surface area contributed by atoms with Crippen molar-refractivity contribution in [2.45, 2.75) is 12.6 Å². The fraction of sp³-hybridized carbons (Fsp3) is 0.160. The molecule has 1 N–H and O–H groups in total. The van der Waals surface area contributed by atoms with E-state index in [1.54, 1.807) is 42.7 Å². The molecule has 3 aromatic rings. The van der Waals surface area contributed by atoms with Crippen LogP contribution in [0.25, 0.3) is 5.76 Å². The van der Waals surface area contributed by atoms with Gasteiger partial charge in [0.2, 0.25) is 0 Å². The summed E-state index contributed by atoms with van der Waals surface area (Å²) in [4.78, 5) is 31.8. The first-order chi connectivity index (χ1) is 16.0. The molecule has 1 unspecified atom stereocenters. The number of pyridine rings is 1. The van der Waals surface area contributed by atoms with E-state index in [1.165, 1.54) is 4.90 Å². The van der Waals surface area contributed by atoms with Gasteiger partial charge in [-0.1, -0.05) is 28.1 Å². The van der Waals surface area contributed by atoms with Gasteiger partial charge < -0.3 is 19.5 Å². The largest absolute Gasteiger partial charge is 0.507 e. The number of likely N-dealkylation sites (tertiary alicyclic amines) is 1. The molecule has 2 aromatic carbocycles. The highest BCUT2D eigenvalue weighted by molar-refractivity contribution is 9.10. The van der Waals surface area contributed by atoms with Crippen molar-refractivity contribution in [2.75, 3.05) is 13.2 Å². The van der Waals surface area contributed by atoms with Gasteiger partial charge in [0.05, 0.1) is 11.6 Å². The number of ether oxygens (including phenoxy) is 2. The number of aromatic nitrogens is 1. The van der Waals surface area contributed by atoms with Crippen molar-refractivity contribution >= 4 is 33.4 Å². The number of halogens is 1. The summed E-state index contributed by atoms with van der Waals surface area (Å²) in [5.74, 6) is -0.611. The fourth-order valence-corrected chi connectivity index (χ4v) is 4.51. The smallest absolute Gasteiger partial charge is 0.295 e. The molecule has 0 spiro atoms. The monoisotopic (exact) mass is 506 g/mol. The van der Waals surface area contributed by atoms with Gasteiger partial charge in [-0.25, -0.2) is 0 Å². The molecule has 0 bridgehead atoms. The van der Waals surface area contributed by atoms with Crippen molar-refractivity contribution < 1.29 is 24.2 Å². The summed E-state index contributed by atoms with van der Waals surface area (Å²) in [5.41, 5.74) is 1.94. The van der Waals surface area contributed by atoms with Gasteiger partial charge in [-0.2, -0.15) is 0 Å². The van der Waals surface area contributed by atoms with E-state index in [1.807, 2.05) is 24.3 Å². The number of carbonyl (C=O) groups is 2. The van der Waals surface area contributed by atoms with Crippen LogP contribution in [-0.2, 0) is 16.1 Å². The number of amides is 1. The van der Waals surface area contributed by atoms with Crippen molar-refractivity contribution in [3.8, 4) is 11.5 Å². The number of fused-ring (bicyclic) bond motifs is 1. The summed E-state index contributed by atoms with van der Waals surface area (Å²) in [6, 6.07) is 15.1. The van der Waals surface area contributed by atoms with Gasteiger partial charge in [0.1, 0.15) is 19.0 Å². The van der Waals surface area contributed by atoms with E-state index in [4.69, 9.17) is 9.47 Å². The summed E-state index contributed by atoms with van der Waals surface area (Å²) in [7, 11) is 0. The van der Waals surface area contributed by atoms with Crippen molar-refractivity contribution in [1.82, 2.24) is 9.88 Å². The summed E-state index contributed by atoms with van der Waals surface area (Å²) < 4.78 is 12.0. The molecule has 0 saturated carbocycles. The summed E-state index contributed by atoms with van der Waals surface area (Å²) in [6.07, 6.45) is 3.27. The second kappa shape index (κ2) is 8.71. The highest BCUT2D eigenvalue weighted by Gasteiger charge is 2.46. The maximum Gasteiger partial charge on any atom is 0.295 e. The number of benzene rings is 2. The molecule has 8 heteroatoms. The second-order valence-corrected chi connectivity index (χ2v) is 8.61. The zero-order valence-corrected chi connectivity index (χ0v) is 19.0. The first-order valence-corrected chi connectivity index (χ1v) is 11.1. The predicted octanol–water partition coefficient (Wildman–Crippen LogP) is 4.24. The number of hydrogen-bond acceptors (Lipinski definition) is 6. The molecule has 33 heavy (non-hydrogen) atoms. The van der Waals surface area contributed by atoms with E-state index in [2.05, 4.69) is 20.9 Å². The Morgan fingerprint density at radius 2 is 1.79 bits per heavy atom. The Morgan fingerprint density at radius 3 is 2.55 bits per heavy atom. The molecule has 2 aliphatic rings. The van der Waals surface area contributed by atoms with E-state index in [9.17, 15) is 14.7 Å². The van der Waals surface area contributed by atoms with Crippen LogP contribution in [-0.4, -0.2) is 39.9 Å². The van der Waals surface area contributed by atoms with Gasteiger partial charge in [-0.05, 0) is 53.6 Å². The highest BCUT2D eigenvalue weighted by Crippen LogP contribution is 2.42. The van der Waals surface area contributed by atoms with Crippen LogP contribution < -0.4 is 9.47 Å². The topological polar surface area (TPSA) is 89.0 Å². The average Bonchev–Trinajstić information content (AvgIpc) is 3.09. The molecule has 5 rings (SSSR count). The third-order valence-corrected chi connectivity index (χ3v) is 6.12. The van der Waals surface area contributed by atoms with E-state index >= 15 is 0 Å². The van der Waals surface area contributed by atoms with Gasteiger partial charge in [0, 0.05) is 29.0 Å². The molecule has 1 saturated heterocycles. The quantitative estimate of drug-likeness (QED) is 0.323. The van der Waals surface area contributed by atoms with Crippen LogP contribution >= 0.6 is 15.9 Å². The minimum atomic E-state index is -0.760. The molecule has 1 amide bonds. The third kappa shape index (κ3) is 3.98. The predicted molar refractivity (Wildman–Crippen MR) is 124 cm³/mol. The molecule has 166 valence electrons. The van der Waals surface area contributed by atoms with Crippen LogP contribution in [0.1, 0.15) is 22.7 Å². The molecule has 1 fully saturated rings. The number of carbonyl (C=O) groups excluding carboxylic acids is 2. The fourth-order valence-electron chi connectivity index (χ4n) is 4.10. The molecule has 7 nitrogen and oxygen atoms in total. The molecule has 1 atom stereocenters. The van der Waals surface area contributed by atoms with Crippen LogP contribution in [0.5, 0.6) is 11.5 Å². The number of Topliss-reactive ketones (excluding diaryl/α,β-unsaturated/α-hetero) is 1. The average molecular weight is 507 g/mol. The van der Waals surface area contributed by atoms with Gasteiger partial charge in [-0.15, -0.1) is 0 Å². The molecule has 3 heterocycles. The number of aliphatic hydroxyl groups is 1. The molecule has 0 radical (unpaired) electrons. The van der Waals surface area contributed by atoms with E-state index in [0.29, 0.717) is 35.8 Å². The Hall–Kier alpha value is -3.65. The summed E-state index contributed by atoms with van der Waals surface area (Å²) >= 11 is 3.46. The van der Waals surface area contributed by atoms with Gasteiger partial charge in [0.15, 0.2) is 11.5 Å². The maximum absolute atomic E-state index is 13.2. The van der Waals surface area contributed by atoms with Crippen molar-refractivity contribution in [2.24, 2.45) is 0 Å². The minimum absolute atomic E-state index is 0.0313. The van der Waals surface area contributed by atoms with Crippen molar-refractivity contribution in [1.29, 1.82) is 0 Å². The first-order valence-electron chi connectivity index (χ1n) is 10.4.